The zero-order valence-electron chi connectivity index (χ0n) is 12.4. The van der Waals surface area contributed by atoms with Gasteiger partial charge in [0.25, 0.3) is 0 Å². The van der Waals surface area contributed by atoms with Crippen molar-refractivity contribution in [3.05, 3.63) is 30.1 Å². The number of aromatic nitrogens is 2. The average Bonchev–Trinajstić information content (AvgIpc) is 2.78. The molecular formula is C17H26N2. The Morgan fingerprint density at radius 3 is 2.47 bits per heavy atom. The van der Waals surface area contributed by atoms with Gasteiger partial charge in [0.05, 0.1) is 11.0 Å². The van der Waals surface area contributed by atoms with Crippen LogP contribution < -0.4 is 0 Å². The molecule has 0 aliphatic carbocycles. The van der Waals surface area contributed by atoms with Crippen molar-refractivity contribution in [2.45, 2.75) is 65.3 Å². The summed E-state index contributed by atoms with van der Waals surface area (Å²) in [6.45, 7) is 5.63. The van der Waals surface area contributed by atoms with Gasteiger partial charge in [0, 0.05) is 13.0 Å². The smallest absolute Gasteiger partial charge is 0.109 e. The van der Waals surface area contributed by atoms with E-state index in [0.29, 0.717) is 0 Å². The normalized spacial score (nSPS) is 11.3. The number of benzene rings is 1. The van der Waals surface area contributed by atoms with E-state index in [2.05, 4.69) is 42.7 Å². The molecule has 0 unspecified atom stereocenters. The first-order valence-corrected chi connectivity index (χ1v) is 7.81. The molecule has 2 rings (SSSR count). The number of imidazole rings is 1. The van der Waals surface area contributed by atoms with Crippen LogP contribution >= 0.6 is 0 Å². The molecule has 1 aromatic carbocycles. The van der Waals surface area contributed by atoms with Crippen LogP contribution in [0.3, 0.4) is 0 Å². The van der Waals surface area contributed by atoms with E-state index in [1.54, 1.807) is 0 Å². The van der Waals surface area contributed by atoms with Crippen LogP contribution in [0.15, 0.2) is 24.3 Å². The molecule has 0 saturated carbocycles. The molecular weight excluding hydrogens is 232 g/mol. The fourth-order valence-electron chi connectivity index (χ4n) is 2.62. The molecule has 104 valence electrons. The minimum absolute atomic E-state index is 1.12. The third-order valence-electron chi connectivity index (χ3n) is 3.72. The van der Waals surface area contributed by atoms with Crippen molar-refractivity contribution < 1.29 is 0 Å². The van der Waals surface area contributed by atoms with Gasteiger partial charge in [-0.15, -0.1) is 0 Å². The number of hydrogen-bond donors (Lipinski definition) is 0. The van der Waals surface area contributed by atoms with Crippen LogP contribution in [0, 0.1) is 0 Å². The van der Waals surface area contributed by atoms with Gasteiger partial charge in [0.15, 0.2) is 0 Å². The predicted molar refractivity (Wildman–Crippen MR) is 82.5 cm³/mol. The first-order valence-electron chi connectivity index (χ1n) is 7.81. The first-order chi connectivity index (χ1) is 9.36. The zero-order valence-corrected chi connectivity index (χ0v) is 12.4. The number of unbranched alkanes of at least 4 members (excludes halogenated alkanes) is 4. The Bertz CT molecular complexity index is 499. The molecule has 0 amide bonds. The molecule has 0 bridgehead atoms. The van der Waals surface area contributed by atoms with Gasteiger partial charge in [-0.2, -0.15) is 0 Å². The maximum absolute atomic E-state index is 4.83. The summed E-state index contributed by atoms with van der Waals surface area (Å²) in [5.41, 5.74) is 2.47. The standard InChI is InChI=1S/C17H26N2/c1-3-5-7-13-17-18-15-11-8-9-12-16(15)19(17)14-10-6-4-2/h8-9,11-12H,3-7,10,13-14H2,1-2H3. The van der Waals surface area contributed by atoms with E-state index in [-0.39, 0.29) is 0 Å². The molecule has 0 saturated heterocycles. The topological polar surface area (TPSA) is 17.8 Å². The molecule has 0 N–H and O–H groups in total. The van der Waals surface area contributed by atoms with Crippen molar-refractivity contribution in [1.82, 2.24) is 9.55 Å². The van der Waals surface area contributed by atoms with Crippen LogP contribution in [0.2, 0.25) is 0 Å². The summed E-state index contributed by atoms with van der Waals surface area (Å²) < 4.78 is 2.45. The van der Waals surface area contributed by atoms with E-state index in [9.17, 15) is 0 Å². The van der Waals surface area contributed by atoms with Crippen LogP contribution in [0.4, 0.5) is 0 Å². The van der Waals surface area contributed by atoms with Gasteiger partial charge in [-0.1, -0.05) is 51.7 Å². The summed E-state index contributed by atoms with van der Waals surface area (Å²) >= 11 is 0. The second-order valence-electron chi connectivity index (χ2n) is 5.33. The van der Waals surface area contributed by atoms with E-state index in [0.717, 1.165) is 18.5 Å². The Morgan fingerprint density at radius 1 is 0.947 bits per heavy atom. The van der Waals surface area contributed by atoms with Gasteiger partial charge >= 0.3 is 0 Å². The lowest BCUT2D eigenvalue weighted by Crippen LogP contribution is -2.04. The van der Waals surface area contributed by atoms with Crippen molar-refractivity contribution in [2.24, 2.45) is 0 Å². The summed E-state index contributed by atoms with van der Waals surface area (Å²) in [7, 11) is 0. The second kappa shape index (κ2) is 7.32. The van der Waals surface area contributed by atoms with E-state index in [1.165, 1.54) is 49.9 Å². The predicted octanol–water partition coefficient (Wildman–Crippen LogP) is 4.96. The lowest BCUT2D eigenvalue weighted by molar-refractivity contribution is 0.578. The van der Waals surface area contributed by atoms with Crippen molar-refractivity contribution in [2.75, 3.05) is 0 Å². The third-order valence-corrected chi connectivity index (χ3v) is 3.72. The summed E-state index contributed by atoms with van der Waals surface area (Å²) in [5.74, 6) is 1.28. The summed E-state index contributed by atoms with van der Waals surface area (Å²) in [6.07, 6.45) is 8.80. The maximum Gasteiger partial charge on any atom is 0.109 e. The van der Waals surface area contributed by atoms with Crippen LogP contribution in [-0.4, -0.2) is 9.55 Å². The lowest BCUT2D eigenvalue weighted by Gasteiger charge is -2.08. The molecule has 1 heterocycles. The van der Waals surface area contributed by atoms with Crippen LogP contribution in [0.5, 0.6) is 0 Å². The summed E-state index contributed by atoms with van der Waals surface area (Å²) in [5, 5.41) is 0. The summed E-state index contributed by atoms with van der Waals surface area (Å²) in [4.78, 5) is 4.83. The second-order valence-corrected chi connectivity index (χ2v) is 5.33. The van der Waals surface area contributed by atoms with Crippen LogP contribution in [-0.2, 0) is 13.0 Å². The molecule has 0 radical (unpaired) electrons. The Kier molecular flexibility index (Phi) is 5.44. The molecule has 2 nitrogen and oxygen atoms in total. The highest BCUT2D eigenvalue weighted by Gasteiger charge is 2.09. The molecule has 19 heavy (non-hydrogen) atoms. The molecule has 0 atom stereocenters. The van der Waals surface area contributed by atoms with Gasteiger partial charge in [-0.25, -0.2) is 4.98 Å². The fourth-order valence-corrected chi connectivity index (χ4v) is 2.62. The van der Waals surface area contributed by atoms with E-state index < -0.39 is 0 Å². The highest BCUT2D eigenvalue weighted by atomic mass is 15.1. The van der Waals surface area contributed by atoms with Gasteiger partial charge in [0.2, 0.25) is 0 Å². The zero-order chi connectivity index (χ0) is 13.5. The van der Waals surface area contributed by atoms with Crippen molar-refractivity contribution in [3.63, 3.8) is 0 Å². The molecule has 0 fully saturated rings. The van der Waals surface area contributed by atoms with Crippen molar-refractivity contribution in [1.29, 1.82) is 0 Å². The van der Waals surface area contributed by atoms with Crippen LogP contribution in [0.1, 0.15) is 58.2 Å². The number of hydrogen-bond acceptors (Lipinski definition) is 1. The number of para-hydroxylation sites is 2. The lowest BCUT2D eigenvalue weighted by atomic mass is 10.2. The van der Waals surface area contributed by atoms with E-state index in [1.807, 2.05) is 0 Å². The average molecular weight is 258 g/mol. The summed E-state index contributed by atoms with van der Waals surface area (Å²) in [6, 6.07) is 8.55. The fraction of sp³-hybridized carbons (Fsp3) is 0.588. The maximum atomic E-state index is 4.83. The Labute approximate surface area is 116 Å². The van der Waals surface area contributed by atoms with Crippen molar-refractivity contribution in [3.8, 4) is 0 Å². The molecule has 2 heteroatoms. The number of aryl methyl sites for hydroxylation is 2. The monoisotopic (exact) mass is 258 g/mol. The number of rotatable bonds is 8. The van der Waals surface area contributed by atoms with Crippen molar-refractivity contribution >= 4 is 11.0 Å². The number of nitrogens with zero attached hydrogens (tertiary/aromatic N) is 2. The SMILES string of the molecule is CCCCCc1nc2ccccc2n1CCCCC. The van der Waals surface area contributed by atoms with Gasteiger partial charge in [0.1, 0.15) is 5.82 Å². The van der Waals surface area contributed by atoms with Gasteiger partial charge < -0.3 is 4.57 Å². The Morgan fingerprint density at radius 2 is 1.68 bits per heavy atom. The first kappa shape index (κ1) is 14.1. The Hall–Kier alpha value is -1.31. The van der Waals surface area contributed by atoms with Gasteiger partial charge in [-0.05, 0) is 25.0 Å². The third kappa shape index (κ3) is 3.59. The largest absolute Gasteiger partial charge is 0.328 e. The molecule has 1 aromatic heterocycles. The van der Waals surface area contributed by atoms with E-state index >= 15 is 0 Å². The van der Waals surface area contributed by atoms with Gasteiger partial charge in [-0.3, -0.25) is 0 Å². The molecule has 0 aliphatic heterocycles. The number of fused-ring (bicyclic) bond motifs is 1. The van der Waals surface area contributed by atoms with Crippen LogP contribution in [0.25, 0.3) is 11.0 Å². The highest BCUT2D eigenvalue weighted by Crippen LogP contribution is 2.18. The molecule has 2 aromatic rings. The molecule has 0 spiro atoms. The van der Waals surface area contributed by atoms with E-state index in [4.69, 9.17) is 4.98 Å². The Balaban J connectivity index is 2.18. The minimum Gasteiger partial charge on any atom is -0.328 e. The quantitative estimate of drug-likeness (QED) is 0.612. The minimum atomic E-state index is 1.12. The molecule has 0 aliphatic rings. The highest BCUT2D eigenvalue weighted by molar-refractivity contribution is 5.75.